The summed E-state index contributed by atoms with van der Waals surface area (Å²) in [7, 11) is 1.30. The first-order valence-electron chi connectivity index (χ1n) is 20.8. The van der Waals surface area contributed by atoms with Crippen LogP contribution >= 0.6 is 0 Å². The molecule has 5 aromatic rings. The summed E-state index contributed by atoms with van der Waals surface area (Å²) in [5.41, 5.74) is 8.13. The molecule has 4 N–H and O–H groups in total. The van der Waals surface area contributed by atoms with Crippen LogP contribution in [0, 0.1) is 23.7 Å². The number of likely N-dealkylation sites (tertiary alicyclic amines) is 1. The van der Waals surface area contributed by atoms with E-state index in [1.165, 1.54) is 7.11 Å². The van der Waals surface area contributed by atoms with Gasteiger partial charge in [-0.2, -0.15) is 0 Å². The first-order valence-corrected chi connectivity index (χ1v) is 20.8. The Bertz CT molecular complexity index is 2230. The van der Waals surface area contributed by atoms with Crippen LogP contribution in [0.2, 0.25) is 0 Å². The molecule has 4 heterocycles. The number of carbonyl (C=O) groups excluding carboxylic acids is 3. The van der Waals surface area contributed by atoms with Gasteiger partial charge >= 0.3 is 6.09 Å². The van der Waals surface area contributed by atoms with E-state index in [0.29, 0.717) is 30.8 Å². The van der Waals surface area contributed by atoms with E-state index in [4.69, 9.17) is 14.7 Å². The number of carbonyl (C=O) groups is 3. The maximum Gasteiger partial charge on any atom is 0.407 e. The van der Waals surface area contributed by atoms with E-state index in [1.807, 2.05) is 43.4 Å². The Balaban J connectivity index is 0.907. The van der Waals surface area contributed by atoms with Gasteiger partial charge in [0.05, 0.1) is 42.9 Å². The molecule has 58 heavy (non-hydrogen) atoms. The lowest BCUT2D eigenvalue weighted by molar-refractivity contribution is -0.135. The molecule has 2 unspecified atom stereocenters. The van der Waals surface area contributed by atoms with Crippen molar-refractivity contribution in [3.63, 3.8) is 0 Å². The fourth-order valence-electron chi connectivity index (χ4n) is 9.43. The molecule has 0 radical (unpaired) electrons. The Hall–Kier alpha value is -5.78. The van der Waals surface area contributed by atoms with Crippen molar-refractivity contribution >= 4 is 17.9 Å². The molecule has 3 fully saturated rings. The van der Waals surface area contributed by atoms with E-state index < -0.39 is 12.1 Å². The highest BCUT2D eigenvalue weighted by Gasteiger charge is 2.52. The lowest BCUT2D eigenvalue weighted by atomic mass is 9.78. The maximum absolute atomic E-state index is 13.7. The number of methoxy groups -OCH3 is 1. The van der Waals surface area contributed by atoms with E-state index in [9.17, 15) is 14.4 Å². The van der Waals surface area contributed by atoms with Crippen molar-refractivity contribution in [1.82, 2.24) is 40.5 Å². The normalized spacial score (nSPS) is 21.8. The Morgan fingerprint density at radius 3 is 2.00 bits per heavy atom. The van der Waals surface area contributed by atoms with E-state index in [-0.39, 0.29) is 35.6 Å². The van der Waals surface area contributed by atoms with Gasteiger partial charge in [-0.15, -0.1) is 0 Å². The highest BCUT2D eigenvalue weighted by molar-refractivity contribution is 5.86. The number of nitrogens with zero attached hydrogens (tertiary/aromatic N) is 4. The summed E-state index contributed by atoms with van der Waals surface area (Å²) in [6.07, 6.45) is 9.96. The second-order valence-electron chi connectivity index (χ2n) is 16.9. The highest BCUT2D eigenvalue weighted by Crippen LogP contribution is 2.56. The monoisotopic (exact) mass is 782 g/mol. The largest absolute Gasteiger partial charge is 0.453 e. The fraction of sp³-hybridized carbons (Fsp3) is 0.435. The number of nitrogens with one attached hydrogen (secondary N) is 4. The molecule has 2 bridgehead atoms. The molecule has 302 valence electrons. The molecule has 0 spiro atoms. The summed E-state index contributed by atoms with van der Waals surface area (Å²) < 4.78 is 4.77. The van der Waals surface area contributed by atoms with Crippen molar-refractivity contribution in [3.05, 3.63) is 102 Å². The number of fused-ring (bicyclic) bond motifs is 2. The summed E-state index contributed by atoms with van der Waals surface area (Å²) in [6.45, 7) is 9.17. The molecule has 2 aromatic carbocycles. The van der Waals surface area contributed by atoms with Crippen LogP contribution in [0.1, 0.15) is 101 Å². The molecule has 3 aromatic heterocycles. The number of pyridine rings is 1. The van der Waals surface area contributed by atoms with E-state index >= 15 is 0 Å². The highest BCUT2D eigenvalue weighted by atomic mass is 16.5. The third-order valence-corrected chi connectivity index (χ3v) is 12.6. The number of ether oxygens (including phenoxy) is 1. The topological polar surface area (TPSA) is 158 Å². The molecular weight excluding hydrogens is 729 g/mol. The van der Waals surface area contributed by atoms with Crippen LogP contribution in [0.5, 0.6) is 0 Å². The van der Waals surface area contributed by atoms with Crippen LogP contribution in [-0.2, 0) is 20.9 Å². The Labute approximate surface area is 340 Å². The number of aromatic nitrogens is 5. The number of benzene rings is 2. The molecule has 12 nitrogen and oxygen atoms in total. The number of imidazole rings is 2. The molecule has 6 atom stereocenters. The molecule has 3 amide bonds. The van der Waals surface area contributed by atoms with Crippen molar-refractivity contribution in [2.24, 2.45) is 23.7 Å². The van der Waals surface area contributed by atoms with Crippen molar-refractivity contribution in [2.45, 2.75) is 90.3 Å². The minimum Gasteiger partial charge on any atom is -0.453 e. The van der Waals surface area contributed by atoms with Gasteiger partial charge in [-0.1, -0.05) is 82.3 Å². The van der Waals surface area contributed by atoms with E-state index in [0.717, 1.165) is 88.7 Å². The number of hydrogen-bond donors (Lipinski definition) is 4. The average molecular weight is 783 g/mol. The van der Waals surface area contributed by atoms with Crippen molar-refractivity contribution in [3.8, 4) is 33.6 Å². The maximum atomic E-state index is 13.7. The quantitative estimate of drug-likeness (QED) is 0.0995. The standard InChI is InChI=1S/C46H54N8O4/c1-26(2)35-19-8-28(22-47-35)23-50-44(55)40-34-18-17-33(21-34)39(40)43-49-25-37(52-43)32-15-11-30(12-16-32)29-9-13-31(14-10-29)36-24-48-42(51-36)38-7-6-20-54(38)45(56)41(27(3)4)53-46(57)58-5/h8-16,19,22,24-27,33-34,38-41H,6-7,17-18,20-21,23H2,1-5H3,(H,48,51)(H,49,52)(H,50,55)(H,53,57)/t33?,34?,38-,39-,40-,41-/m0/s1. The summed E-state index contributed by atoms with van der Waals surface area (Å²) in [5, 5.41) is 5.93. The summed E-state index contributed by atoms with van der Waals surface area (Å²) in [6, 6.07) is 20.1. The molecule has 2 aliphatic carbocycles. The van der Waals surface area contributed by atoms with Gasteiger partial charge in [0.1, 0.15) is 17.7 Å². The van der Waals surface area contributed by atoms with Gasteiger partial charge < -0.3 is 30.2 Å². The first-order chi connectivity index (χ1) is 28.1. The lowest BCUT2D eigenvalue weighted by Gasteiger charge is -2.30. The van der Waals surface area contributed by atoms with Gasteiger partial charge in [0.2, 0.25) is 11.8 Å². The van der Waals surface area contributed by atoms with E-state index in [2.05, 4.69) is 94.0 Å². The number of alkyl carbamates (subject to hydrolysis) is 1. The summed E-state index contributed by atoms with van der Waals surface area (Å²) >= 11 is 0. The number of H-pyrrole nitrogens is 2. The molecule has 3 aliphatic rings. The first kappa shape index (κ1) is 39.1. The second kappa shape index (κ2) is 16.6. The third kappa shape index (κ3) is 7.88. The lowest BCUT2D eigenvalue weighted by Crippen LogP contribution is -2.51. The van der Waals surface area contributed by atoms with Crippen molar-refractivity contribution in [2.75, 3.05) is 13.7 Å². The van der Waals surface area contributed by atoms with Gasteiger partial charge in [0.25, 0.3) is 0 Å². The van der Waals surface area contributed by atoms with Crippen LogP contribution in [-0.4, -0.2) is 67.4 Å². The molecule has 8 rings (SSSR count). The SMILES string of the molecule is COC(=O)N[C@H](C(=O)N1CCC[C@H]1c1ncc(-c2ccc(-c3ccc(-c4cnc([C@H]5C6CCC(C6)[C@@H]5C(=O)NCc5ccc(C(C)C)nc5)[nH]4)cc3)cc2)[nH]1)C(C)C. The number of hydrogen-bond acceptors (Lipinski definition) is 7. The van der Waals surface area contributed by atoms with Crippen molar-refractivity contribution in [1.29, 1.82) is 0 Å². The van der Waals surface area contributed by atoms with Gasteiger partial charge in [0.15, 0.2) is 0 Å². The van der Waals surface area contributed by atoms with Crippen LogP contribution in [0.3, 0.4) is 0 Å². The fourth-order valence-corrected chi connectivity index (χ4v) is 9.43. The van der Waals surface area contributed by atoms with Gasteiger partial charge in [0, 0.05) is 30.9 Å². The van der Waals surface area contributed by atoms with E-state index in [1.54, 1.807) is 0 Å². The van der Waals surface area contributed by atoms with Crippen LogP contribution < -0.4 is 10.6 Å². The van der Waals surface area contributed by atoms with Gasteiger partial charge in [-0.25, -0.2) is 14.8 Å². The van der Waals surface area contributed by atoms with Crippen molar-refractivity contribution < 1.29 is 19.1 Å². The smallest absolute Gasteiger partial charge is 0.407 e. The number of rotatable bonds is 12. The zero-order valence-corrected chi connectivity index (χ0v) is 34.0. The predicted octanol–water partition coefficient (Wildman–Crippen LogP) is 8.14. The minimum atomic E-state index is -0.678. The predicted molar refractivity (Wildman–Crippen MR) is 222 cm³/mol. The van der Waals surface area contributed by atoms with Crippen LogP contribution in [0.4, 0.5) is 4.79 Å². The van der Waals surface area contributed by atoms with Crippen LogP contribution in [0.15, 0.2) is 79.3 Å². The number of aromatic amines is 2. The van der Waals surface area contributed by atoms with Gasteiger partial charge in [-0.3, -0.25) is 14.6 Å². The van der Waals surface area contributed by atoms with Gasteiger partial charge in [-0.05, 0) is 89.7 Å². The zero-order valence-electron chi connectivity index (χ0n) is 34.0. The summed E-state index contributed by atoms with van der Waals surface area (Å²) in [5.74, 6) is 2.77. The zero-order chi connectivity index (χ0) is 40.5. The number of amides is 3. The van der Waals surface area contributed by atoms with Crippen LogP contribution in [0.25, 0.3) is 33.6 Å². The molecule has 1 aliphatic heterocycles. The Morgan fingerprint density at radius 2 is 1.40 bits per heavy atom. The Kier molecular flexibility index (Phi) is 11.2. The summed E-state index contributed by atoms with van der Waals surface area (Å²) in [4.78, 5) is 62.2. The molecular formula is C46H54N8O4. The second-order valence-corrected chi connectivity index (χ2v) is 16.9. The third-order valence-electron chi connectivity index (χ3n) is 12.6. The average Bonchev–Trinajstić information content (AvgIpc) is 4.10. The Morgan fingerprint density at radius 1 is 0.776 bits per heavy atom. The molecule has 1 saturated heterocycles. The molecule has 12 heteroatoms. The minimum absolute atomic E-state index is 0.0831. The molecule has 2 saturated carbocycles.